The molecule has 2 N–H and O–H groups in total. The SMILES string of the molecule is Nc1nnc(N2C[C@@H]3OCC(n4cnc5ccccc54)CO[C@H]3C2)s1. The molecule has 0 radical (unpaired) electrons. The number of hydrogen-bond acceptors (Lipinski definition) is 8. The Morgan fingerprint density at radius 3 is 2.56 bits per heavy atom. The van der Waals surface area contributed by atoms with Gasteiger partial charge in [-0.2, -0.15) is 0 Å². The van der Waals surface area contributed by atoms with E-state index in [4.69, 9.17) is 15.2 Å². The van der Waals surface area contributed by atoms with Gasteiger partial charge in [0.1, 0.15) is 12.2 Å². The second-order valence-electron chi connectivity index (χ2n) is 6.37. The predicted molar refractivity (Wildman–Crippen MR) is 94.8 cm³/mol. The number of fused-ring (bicyclic) bond motifs is 2. The Bertz CT molecular complexity index is 880. The zero-order chi connectivity index (χ0) is 16.8. The van der Waals surface area contributed by atoms with Crippen molar-refractivity contribution in [2.75, 3.05) is 36.9 Å². The number of nitrogens with two attached hydrogens (primary N) is 1. The molecule has 4 heterocycles. The van der Waals surface area contributed by atoms with E-state index in [9.17, 15) is 0 Å². The number of nitrogen functional groups attached to an aromatic ring is 1. The van der Waals surface area contributed by atoms with E-state index in [-0.39, 0.29) is 18.2 Å². The maximum absolute atomic E-state index is 6.18. The summed E-state index contributed by atoms with van der Waals surface area (Å²) in [5.41, 5.74) is 7.78. The van der Waals surface area contributed by atoms with Gasteiger partial charge in [-0.25, -0.2) is 4.98 Å². The Labute approximate surface area is 148 Å². The summed E-state index contributed by atoms with van der Waals surface area (Å²) in [7, 11) is 0. The molecule has 0 amide bonds. The van der Waals surface area contributed by atoms with Crippen LogP contribution in [0.1, 0.15) is 6.04 Å². The molecule has 1 aromatic carbocycles. The molecule has 2 aromatic heterocycles. The highest BCUT2D eigenvalue weighted by atomic mass is 32.1. The van der Waals surface area contributed by atoms with Gasteiger partial charge in [0.15, 0.2) is 0 Å². The minimum absolute atomic E-state index is 0.0323. The Balaban J connectivity index is 1.32. The molecule has 5 rings (SSSR count). The summed E-state index contributed by atoms with van der Waals surface area (Å²) in [5.74, 6) is 0. The van der Waals surface area contributed by atoms with Crippen molar-refractivity contribution in [1.82, 2.24) is 19.7 Å². The van der Waals surface area contributed by atoms with Gasteiger partial charge < -0.3 is 24.7 Å². The van der Waals surface area contributed by atoms with Gasteiger partial charge in [-0.05, 0) is 12.1 Å². The maximum atomic E-state index is 6.18. The first kappa shape index (κ1) is 15.1. The Morgan fingerprint density at radius 1 is 1.08 bits per heavy atom. The van der Waals surface area contributed by atoms with E-state index in [1.807, 2.05) is 24.5 Å². The summed E-state index contributed by atoms with van der Waals surface area (Å²) in [6, 6.07) is 8.25. The first-order valence-electron chi connectivity index (χ1n) is 8.26. The molecule has 2 saturated heterocycles. The lowest BCUT2D eigenvalue weighted by Gasteiger charge is -2.19. The van der Waals surface area contributed by atoms with Gasteiger partial charge >= 0.3 is 0 Å². The number of ether oxygens (including phenoxy) is 2. The van der Waals surface area contributed by atoms with Crippen molar-refractivity contribution in [3.05, 3.63) is 30.6 Å². The zero-order valence-electron chi connectivity index (χ0n) is 13.5. The second-order valence-corrected chi connectivity index (χ2v) is 7.35. The molecule has 2 atom stereocenters. The molecule has 3 aromatic rings. The molecular formula is C16H18N6O2S. The largest absolute Gasteiger partial charge is 0.374 e. The molecule has 0 bridgehead atoms. The van der Waals surface area contributed by atoms with Crippen LogP contribution in [-0.4, -0.2) is 58.3 Å². The molecule has 2 aliphatic heterocycles. The van der Waals surface area contributed by atoms with E-state index in [2.05, 4.69) is 30.7 Å². The number of hydrogen-bond donors (Lipinski definition) is 1. The van der Waals surface area contributed by atoms with Gasteiger partial charge in [-0.3, -0.25) is 0 Å². The van der Waals surface area contributed by atoms with Crippen molar-refractivity contribution in [3.63, 3.8) is 0 Å². The third-order valence-electron chi connectivity index (χ3n) is 4.80. The van der Waals surface area contributed by atoms with Crippen LogP contribution in [0, 0.1) is 0 Å². The summed E-state index contributed by atoms with van der Waals surface area (Å²) < 4.78 is 14.5. The molecule has 0 spiro atoms. The molecule has 0 unspecified atom stereocenters. The van der Waals surface area contributed by atoms with Crippen molar-refractivity contribution in [1.29, 1.82) is 0 Å². The summed E-state index contributed by atoms with van der Waals surface area (Å²) in [6.45, 7) is 2.70. The summed E-state index contributed by atoms with van der Waals surface area (Å²) in [4.78, 5) is 6.60. The normalized spacial score (nSPS) is 24.6. The topological polar surface area (TPSA) is 91.3 Å². The van der Waals surface area contributed by atoms with E-state index < -0.39 is 0 Å². The number of imidazole rings is 1. The van der Waals surface area contributed by atoms with Crippen LogP contribution in [0.4, 0.5) is 10.3 Å². The lowest BCUT2D eigenvalue weighted by molar-refractivity contribution is -0.00461. The number of aromatic nitrogens is 4. The molecule has 130 valence electrons. The molecule has 0 aliphatic carbocycles. The highest BCUT2D eigenvalue weighted by Gasteiger charge is 2.39. The minimum Gasteiger partial charge on any atom is -0.374 e. The van der Waals surface area contributed by atoms with Gasteiger partial charge in [0.05, 0.1) is 36.6 Å². The first-order valence-corrected chi connectivity index (χ1v) is 9.08. The van der Waals surface area contributed by atoms with Crippen molar-refractivity contribution >= 4 is 32.6 Å². The van der Waals surface area contributed by atoms with Crippen LogP contribution in [0.5, 0.6) is 0 Å². The number of nitrogens with zero attached hydrogens (tertiary/aromatic N) is 5. The van der Waals surface area contributed by atoms with Crippen LogP contribution < -0.4 is 10.6 Å². The molecule has 9 heteroatoms. The number of rotatable bonds is 2. The monoisotopic (exact) mass is 358 g/mol. The average Bonchev–Trinajstić information content (AvgIpc) is 3.32. The fraction of sp³-hybridized carbons (Fsp3) is 0.438. The first-order chi connectivity index (χ1) is 12.3. The van der Waals surface area contributed by atoms with Gasteiger partial charge in [-0.1, -0.05) is 23.5 Å². The van der Waals surface area contributed by atoms with Crippen LogP contribution in [0.25, 0.3) is 11.0 Å². The highest BCUT2D eigenvalue weighted by molar-refractivity contribution is 7.18. The van der Waals surface area contributed by atoms with Gasteiger partial charge in [0.2, 0.25) is 10.3 Å². The molecular weight excluding hydrogens is 340 g/mol. The highest BCUT2D eigenvalue weighted by Crippen LogP contribution is 2.30. The smallest absolute Gasteiger partial charge is 0.210 e. The zero-order valence-corrected chi connectivity index (χ0v) is 14.3. The fourth-order valence-electron chi connectivity index (χ4n) is 3.52. The van der Waals surface area contributed by atoms with E-state index in [0.29, 0.717) is 18.3 Å². The van der Waals surface area contributed by atoms with Crippen LogP contribution in [0.15, 0.2) is 30.6 Å². The third-order valence-corrected chi connectivity index (χ3v) is 5.61. The molecule has 8 nitrogen and oxygen atoms in total. The van der Waals surface area contributed by atoms with Crippen molar-refractivity contribution in [2.45, 2.75) is 18.2 Å². The molecule has 2 aliphatic rings. The quantitative estimate of drug-likeness (QED) is 0.738. The van der Waals surface area contributed by atoms with Crippen molar-refractivity contribution < 1.29 is 9.47 Å². The van der Waals surface area contributed by atoms with Crippen LogP contribution in [-0.2, 0) is 9.47 Å². The molecule has 25 heavy (non-hydrogen) atoms. The van der Waals surface area contributed by atoms with Gasteiger partial charge in [-0.15, -0.1) is 10.2 Å². The maximum Gasteiger partial charge on any atom is 0.210 e. The lowest BCUT2D eigenvalue weighted by atomic mass is 10.2. The van der Waals surface area contributed by atoms with E-state index >= 15 is 0 Å². The van der Waals surface area contributed by atoms with Crippen LogP contribution in [0.2, 0.25) is 0 Å². The van der Waals surface area contributed by atoms with Gasteiger partial charge in [0, 0.05) is 13.1 Å². The number of para-hydroxylation sites is 2. The molecule has 2 fully saturated rings. The minimum atomic E-state index is 0.0323. The Hall–Kier alpha value is -2.23. The second kappa shape index (κ2) is 5.94. The van der Waals surface area contributed by atoms with E-state index in [1.54, 1.807) is 0 Å². The lowest BCUT2D eigenvalue weighted by Crippen LogP contribution is -2.27. The van der Waals surface area contributed by atoms with E-state index in [0.717, 1.165) is 29.3 Å². The summed E-state index contributed by atoms with van der Waals surface area (Å²) >= 11 is 1.39. The summed E-state index contributed by atoms with van der Waals surface area (Å²) in [6.07, 6.45) is 1.94. The fourth-order valence-corrected chi connectivity index (χ4v) is 4.15. The third kappa shape index (κ3) is 2.64. The van der Waals surface area contributed by atoms with Crippen LogP contribution >= 0.6 is 11.3 Å². The number of anilines is 2. The predicted octanol–water partition coefficient (Wildman–Crippen LogP) is 1.32. The summed E-state index contributed by atoms with van der Waals surface area (Å²) in [5, 5.41) is 9.31. The standard InChI is InChI=1S/C16H18N6O2S/c17-15-19-20-16(25-15)21-5-13-14(6-21)24-8-10(7-23-13)22-9-18-11-3-1-2-4-12(11)22/h1-4,9-10,13-14H,5-8H2,(H2,17,19)/t13-,14-/m0/s1. The Kier molecular flexibility index (Phi) is 3.58. The number of benzene rings is 1. The molecule has 0 saturated carbocycles. The van der Waals surface area contributed by atoms with E-state index in [1.165, 1.54) is 11.3 Å². The van der Waals surface area contributed by atoms with Gasteiger partial charge in [0.25, 0.3) is 0 Å². The van der Waals surface area contributed by atoms with Crippen LogP contribution in [0.3, 0.4) is 0 Å². The van der Waals surface area contributed by atoms with Crippen molar-refractivity contribution in [3.8, 4) is 0 Å². The Morgan fingerprint density at radius 2 is 1.84 bits per heavy atom. The average molecular weight is 358 g/mol. The van der Waals surface area contributed by atoms with Crippen molar-refractivity contribution in [2.24, 2.45) is 0 Å².